The van der Waals surface area contributed by atoms with E-state index in [2.05, 4.69) is 26.1 Å². The molecule has 0 saturated carbocycles. The van der Waals surface area contributed by atoms with Crippen LogP contribution in [0.5, 0.6) is 17.2 Å². The monoisotopic (exact) mass is 586 g/mol. The van der Waals surface area contributed by atoms with Gasteiger partial charge in [0.05, 0.1) is 45.6 Å². The molecule has 2 aromatic heterocycles. The molecule has 0 spiro atoms. The number of amides is 2. The van der Waals surface area contributed by atoms with Crippen molar-refractivity contribution >= 4 is 23.1 Å². The maximum atomic E-state index is 13.5. The van der Waals surface area contributed by atoms with Gasteiger partial charge in [-0.25, -0.2) is 0 Å². The first kappa shape index (κ1) is 29.4. The van der Waals surface area contributed by atoms with E-state index in [-0.39, 0.29) is 29.5 Å². The molecule has 1 aliphatic carbocycles. The average Bonchev–Trinajstić information content (AvgIpc) is 3.29. The molecule has 2 atom stereocenters. The van der Waals surface area contributed by atoms with Crippen LogP contribution < -0.4 is 35.6 Å². The molecule has 0 aliphatic heterocycles. The highest BCUT2D eigenvalue weighted by Crippen LogP contribution is 2.50. The Morgan fingerprint density at radius 1 is 1.05 bits per heavy atom. The van der Waals surface area contributed by atoms with Crippen LogP contribution in [-0.4, -0.2) is 54.3 Å². The molecule has 0 fully saturated rings. The standard InChI is InChI=1S/C31H34N6O6/c1-17(31-36-35-26-8-6-7-13-37(26)31)33-27(40)16-32-23-12-10-20-21(15-24(23)39)22(34-18(2)38)11-9-19-14-25(41-3)29(42-4)30(43-5)28(19)20/h6-8,10,12-15,17,22H,9,11,16H2,1-5H3,(H,32,39)(H,33,40)(H,34,38)/t17-,22-/m0/s1. The van der Waals surface area contributed by atoms with Crippen molar-refractivity contribution in [2.45, 2.75) is 38.8 Å². The molecule has 4 aromatic rings. The zero-order chi connectivity index (χ0) is 30.7. The molecule has 2 heterocycles. The fraction of sp³-hybridized carbons (Fsp3) is 0.323. The van der Waals surface area contributed by atoms with E-state index >= 15 is 0 Å². The summed E-state index contributed by atoms with van der Waals surface area (Å²) in [6.45, 7) is 3.11. The van der Waals surface area contributed by atoms with Crippen molar-refractivity contribution in [3.05, 3.63) is 75.8 Å². The minimum absolute atomic E-state index is 0.148. The average molecular weight is 587 g/mol. The molecule has 224 valence electrons. The Morgan fingerprint density at radius 2 is 1.84 bits per heavy atom. The topological polar surface area (TPSA) is 145 Å². The number of carbonyl (C=O) groups is 2. The summed E-state index contributed by atoms with van der Waals surface area (Å²) in [5.41, 5.74) is 3.58. The first-order valence-electron chi connectivity index (χ1n) is 13.9. The molecule has 1 aliphatic rings. The lowest BCUT2D eigenvalue weighted by Crippen LogP contribution is -2.33. The number of fused-ring (bicyclic) bond motifs is 4. The van der Waals surface area contributed by atoms with E-state index in [1.807, 2.05) is 37.4 Å². The van der Waals surface area contributed by atoms with Gasteiger partial charge in [0.1, 0.15) is 0 Å². The lowest BCUT2D eigenvalue weighted by molar-refractivity contribution is -0.120. The van der Waals surface area contributed by atoms with Crippen LogP contribution in [0.2, 0.25) is 0 Å². The summed E-state index contributed by atoms with van der Waals surface area (Å²) in [5, 5.41) is 17.2. The molecule has 12 heteroatoms. The van der Waals surface area contributed by atoms with Gasteiger partial charge in [0.15, 0.2) is 23.0 Å². The smallest absolute Gasteiger partial charge is 0.239 e. The van der Waals surface area contributed by atoms with E-state index < -0.39 is 12.1 Å². The summed E-state index contributed by atoms with van der Waals surface area (Å²) < 4.78 is 18.8. The van der Waals surface area contributed by atoms with E-state index in [9.17, 15) is 14.4 Å². The molecule has 12 nitrogen and oxygen atoms in total. The highest BCUT2D eigenvalue weighted by molar-refractivity contribution is 5.84. The predicted octanol–water partition coefficient (Wildman–Crippen LogP) is 3.20. The first-order chi connectivity index (χ1) is 20.7. The van der Waals surface area contributed by atoms with Crippen LogP contribution >= 0.6 is 0 Å². The SMILES string of the molecule is COc1cc2c(c(OC)c1OC)-c1ccc(NCC(=O)N[C@@H](C)c3nnc4ccccn34)c(=O)cc1[C@@H](NC(C)=O)CC2. The van der Waals surface area contributed by atoms with Crippen LogP contribution in [0.1, 0.15) is 49.3 Å². The van der Waals surface area contributed by atoms with Gasteiger partial charge in [-0.05, 0) is 66.8 Å². The van der Waals surface area contributed by atoms with Crippen molar-refractivity contribution in [3.8, 4) is 28.4 Å². The number of carbonyl (C=O) groups excluding carboxylic acids is 2. The fourth-order valence-corrected chi connectivity index (χ4v) is 5.54. The van der Waals surface area contributed by atoms with Gasteiger partial charge in [-0.3, -0.25) is 18.8 Å². The van der Waals surface area contributed by atoms with Crippen LogP contribution in [0, 0.1) is 0 Å². The number of aryl methyl sites for hydroxylation is 1. The fourth-order valence-electron chi connectivity index (χ4n) is 5.54. The highest BCUT2D eigenvalue weighted by Gasteiger charge is 2.29. The van der Waals surface area contributed by atoms with E-state index in [4.69, 9.17) is 14.2 Å². The van der Waals surface area contributed by atoms with Crippen LogP contribution in [0.4, 0.5) is 5.69 Å². The van der Waals surface area contributed by atoms with Crippen molar-refractivity contribution in [2.24, 2.45) is 0 Å². The second kappa shape index (κ2) is 12.4. The number of rotatable bonds is 9. The number of pyridine rings is 1. The lowest BCUT2D eigenvalue weighted by atomic mass is 9.95. The summed E-state index contributed by atoms with van der Waals surface area (Å²) in [6, 6.07) is 11.5. The van der Waals surface area contributed by atoms with Crippen molar-refractivity contribution < 1.29 is 23.8 Å². The number of benzene rings is 1. The maximum absolute atomic E-state index is 13.5. The summed E-state index contributed by atoms with van der Waals surface area (Å²) in [6.07, 6.45) is 2.96. The summed E-state index contributed by atoms with van der Waals surface area (Å²) in [5.74, 6) is 1.45. The number of nitrogens with zero attached hydrogens (tertiary/aromatic N) is 3. The van der Waals surface area contributed by atoms with Crippen molar-refractivity contribution in [1.29, 1.82) is 0 Å². The second-order valence-corrected chi connectivity index (χ2v) is 10.2. The number of nitrogens with one attached hydrogen (secondary N) is 3. The Hall–Kier alpha value is -5.13. The van der Waals surface area contributed by atoms with Crippen LogP contribution in [0.15, 0.2) is 53.5 Å². The highest BCUT2D eigenvalue weighted by atomic mass is 16.5. The largest absolute Gasteiger partial charge is 0.493 e. The third kappa shape index (κ3) is 5.81. The van der Waals surface area contributed by atoms with E-state index in [0.717, 1.165) is 11.1 Å². The van der Waals surface area contributed by atoms with Gasteiger partial charge in [0.25, 0.3) is 0 Å². The quantitative estimate of drug-likeness (QED) is 0.269. The molecular weight excluding hydrogens is 552 g/mol. The number of hydrogen-bond acceptors (Lipinski definition) is 9. The normalized spacial score (nSPS) is 14.5. The lowest BCUT2D eigenvalue weighted by Gasteiger charge is -2.19. The molecule has 2 aromatic carbocycles. The molecule has 0 radical (unpaired) electrons. The van der Waals surface area contributed by atoms with Gasteiger partial charge in [-0.1, -0.05) is 12.1 Å². The molecule has 3 N–H and O–H groups in total. The number of hydrogen-bond donors (Lipinski definition) is 3. The number of anilines is 1. The van der Waals surface area contributed by atoms with Gasteiger partial charge < -0.3 is 30.2 Å². The van der Waals surface area contributed by atoms with E-state index in [1.54, 1.807) is 30.8 Å². The van der Waals surface area contributed by atoms with Crippen molar-refractivity contribution in [3.63, 3.8) is 0 Å². The van der Waals surface area contributed by atoms with Gasteiger partial charge >= 0.3 is 0 Å². The van der Waals surface area contributed by atoms with Crippen molar-refractivity contribution in [2.75, 3.05) is 33.2 Å². The Balaban J connectivity index is 1.48. The maximum Gasteiger partial charge on any atom is 0.239 e. The zero-order valence-electron chi connectivity index (χ0n) is 24.7. The minimum Gasteiger partial charge on any atom is -0.493 e. The first-order valence-corrected chi connectivity index (χ1v) is 13.9. The Kier molecular flexibility index (Phi) is 8.46. The van der Waals surface area contributed by atoms with Crippen LogP contribution in [-0.2, 0) is 16.0 Å². The molecule has 43 heavy (non-hydrogen) atoms. The Labute approximate surface area is 248 Å². The number of methoxy groups -OCH3 is 3. The number of aromatic nitrogens is 3. The van der Waals surface area contributed by atoms with E-state index in [1.165, 1.54) is 20.1 Å². The van der Waals surface area contributed by atoms with Crippen molar-refractivity contribution in [1.82, 2.24) is 25.2 Å². The van der Waals surface area contributed by atoms with Gasteiger partial charge in [-0.2, -0.15) is 0 Å². The second-order valence-electron chi connectivity index (χ2n) is 10.2. The molecule has 2 amide bonds. The summed E-state index contributed by atoms with van der Waals surface area (Å²) in [4.78, 5) is 38.5. The van der Waals surface area contributed by atoms with Crippen LogP contribution in [0.3, 0.4) is 0 Å². The van der Waals surface area contributed by atoms with E-state index in [0.29, 0.717) is 52.7 Å². The van der Waals surface area contributed by atoms with Gasteiger partial charge in [0.2, 0.25) is 23.0 Å². The predicted molar refractivity (Wildman–Crippen MR) is 161 cm³/mol. The molecule has 0 unspecified atom stereocenters. The van der Waals surface area contributed by atoms with Crippen LogP contribution in [0.25, 0.3) is 16.8 Å². The number of ether oxygens (including phenoxy) is 3. The zero-order valence-corrected chi connectivity index (χ0v) is 24.7. The Morgan fingerprint density at radius 3 is 2.56 bits per heavy atom. The minimum atomic E-state index is -0.434. The van der Waals surface area contributed by atoms with Gasteiger partial charge in [-0.15, -0.1) is 10.2 Å². The summed E-state index contributed by atoms with van der Waals surface area (Å²) in [7, 11) is 4.64. The molecule has 0 saturated heterocycles. The third-order valence-electron chi connectivity index (χ3n) is 7.46. The summed E-state index contributed by atoms with van der Waals surface area (Å²) >= 11 is 0. The Bertz CT molecular complexity index is 1750. The molecule has 5 rings (SSSR count). The molecule has 0 bridgehead atoms. The third-order valence-corrected chi connectivity index (χ3v) is 7.46. The molecular formula is C31H34N6O6. The van der Waals surface area contributed by atoms with Gasteiger partial charge in [0, 0.05) is 18.7 Å².